The van der Waals surface area contributed by atoms with Crippen LogP contribution in [-0.2, 0) is 10.5 Å². The molecule has 20 heavy (non-hydrogen) atoms. The molecule has 1 aromatic carbocycles. The van der Waals surface area contributed by atoms with Gasteiger partial charge in [0.05, 0.1) is 11.9 Å². The Balaban J connectivity index is 1.61. The highest BCUT2D eigenvalue weighted by Crippen LogP contribution is 2.13. The lowest BCUT2D eigenvalue weighted by atomic mass is 10.1. The topological polar surface area (TPSA) is 61.4 Å². The molecule has 2 unspecified atom stereocenters. The zero-order valence-corrected chi connectivity index (χ0v) is 12.6. The highest BCUT2D eigenvalue weighted by atomic mass is 32.2. The number of aliphatic hydroxyl groups is 1. The van der Waals surface area contributed by atoms with Crippen molar-refractivity contribution in [1.29, 1.82) is 0 Å². The molecule has 0 saturated carbocycles. The van der Waals surface area contributed by atoms with Crippen molar-refractivity contribution in [3.63, 3.8) is 0 Å². The number of thioether (sulfide) groups is 1. The van der Waals surface area contributed by atoms with Gasteiger partial charge in [-0.05, 0) is 12.5 Å². The van der Waals surface area contributed by atoms with E-state index < -0.39 is 0 Å². The molecule has 0 radical (unpaired) electrons. The van der Waals surface area contributed by atoms with Gasteiger partial charge in [-0.3, -0.25) is 4.79 Å². The van der Waals surface area contributed by atoms with E-state index in [4.69, 9.17) is 0 Å². The number of hydrogen-bond donors (Lipinski definition) is 3. The Bertz CT molecular complexity index is 436. The number of β-amino-alcohol motifs (C(OH)–C–C–N with tert-alkyl or cyclic N) is 1. The smallest absolute Gasteiger partial charge is 0.230 e. The van der Waals surface area contributed by atoms with E-state index in [9.17, 15) is 9.90 Å². The third-order valence-electron chi connectivity index (χ3n) is 3.49. The first-order valence-electron chi connectivity index (χ1n) is 6.94. The van der Waals surface area contributed by atoms with E-state index in [1.807, 2.05) is 0 Å². The molecule has 5 heteroatoms. The van der Waals surface area contributed by atoms with E-state index in [1.54, 1.807) is 11.8 Å². The molecule has 0 aliphatic carbocycles. The maximum atomic E-state index is 11.7. The van der Waals surface area contributed by atoms with Gasteiger partial charge < -0.3 is 15.7 Å². The number of aliphatic hydroxyl groups excluding tert-OH is 1. The summed E-state index contributed by atoms with van der Waals surface area (Å²) in [5.41, 5.74) is 2.49. The standard InChI is InChI=1S/C15H22N2O2S/c1-11-2-4-12(5-3-11)9-20-10-15(19)17-7-13-6-16-8-14(13)18/h2-5,13-14,16,18H,6-10H2,1H3,(H,17,19). The summed E-state index contributed by atoms with van der Waals surface area (Å²) in [6, 6.07) is 8.37. The molecule has 1 aromatic rings. The molecule has 0 bridgehead atoms. The molecule has 0 spiro atoms. The molecule has 0 aromatic heterocycles. The lowest BCUT2D eigenvalue weighted by Crippen LogP contribution is -2.35. The Hall–Kier alpha value is -1.04. The minimum absolute atomic E-state index is 0.0428. The van der Waals surface area contributed by atoms with Gasteiger partial charge in [0.15, 0.2) is 0 Å². The number of benzene rings is 1. The summed E-state index contributed by atoms with van der Waals surface area (Å²) in [4.78, 5) is 11.7. The molecule has 1 aliphatic rings. The SMILES string of the molecule is Cc1ccc(CSCC(=O)NCC2CNCC2O)cc1. The van der Waals surface area contributed by atoms with Gasteiger partial charge in [-0.1, -0.05) is 29.8 Å². The van der Waals surface area contributed by atoms with Gasteiger partial charge in [-0.15, -0.1) is 11.8 Å². The maximum absolute atomic E-state index is 11.7. The Morgan fingerprint density at radius 3 is 2.80 bits per heavy atom. The van der Waals surface area contributed by atoms with E-state index in [1.165, 1.54) is 11.1 Å². The van der Waals surface area contributed by atoms with Crippen LogP contribution in [0.4, 0.5) is 0 Å². The number of amides is 1. The highest BCUT2D eigenvalue weighted by Gasteiger charge is 2.24. The normalized spacial score (nSPS) is 21.9. The van der Waals surface area contributed by atoms with Gasteiger partial charge in [0.25, 0.3) is 0 Å². The molecule has 4 nitrogen and oxygen atoms in total. The van der Waals surface area contributed by atoms with Crippen LogP contribution in [0.5, 0.6) is 0 Å². The Morgan fingerprint density at radius 2 is 2.15 bits per heavy atom. The van der Waals surface area contributed by atoms with Gasteiger partial charge in [-0.25, -0.2) is 0 Å². The van der Waals surface area contributed by atoms with Crippen LogP contribution in [-0.4, -0.2) is 42.5 Å². The number of carbonyl (C=O) groups is 1. The first kappa shape index (κ1) is 15.4. The van der Waals surface area contributed by atoms with Gasteiger partial charge in [-0.2, -0.15) is 0 Å². The van der Waals surface area contributed by atoms with Crippen LogP contribution < -0.4 is 10.6 Å². The van der Waals surface area contributed by atoms with Crippen LogP contribution >= 0.6 is 11.8 Å². The minimum atomic E-state index is -0.337. The molecular weight excluding hydrogens is 272 g/mol. The lowest BCUT2D eigenvalue weighted by Gasteiger charge is -2.13. The fraction of sp³-hybridized carbons (Fsp3) is 0.533. The molecule has 1 amide bonds. The second-order valence-corrected chi connectivity index (χ2v) is 6.25. The van der Waals surface area contributed by atoms with Crippen molar-refractivity contribution in [2.24, 2.45) is 5.92 Å². The van der Waals surface area contributed by atoms with Crippen molar-refractivity contribution in [2.45, 2.75) is 18.8 Å². The third kappa shape index (κ3) is 4.81. The molecule has 1 heterocycles. The Morgan fingerprint density at radius 1 is 1.40 bits per heavy atom. The number of carbonyl (C=O) groups excluding carboxylic acids is 1. The largest absolute Gasteiger partial charge is 0.391 e. The molecule has 1 saturated heterocycles. The average Bonchev–Trinajstić information content (AvgIpc) is 2.84. The fourth-order valence-corrected chi connectivity index (χ4v) is 2.99. The van der Waals surface area contributed by atoms with Crippen LogP contribution in [0.1, 0.15) is 11.1 Å². The maximum Gasteiger partial charge on any atom is 0.230 e. The second kappa shape index (κ2) is 7.67. The molecule has 110 valence electrons. The summed E-state index contributed by atoms with van der Waals surface area (Å²) in [5, 5.41) is 15.6. The van der Waals surface area contributed by atoms with E-state index in [-0.39, 0.29) is 17.9 Å². The summed E-state index contributed by atoms with van der Waals surface area (Å²) in [7, 11) is 0. The van der Waals surface area contributed by atoms with Crippen LogP contribution in [0.3, 0.4) is 0 Å². The summed E-state index contributed by atoms with van der Waals surface area (Å²) in [6.07, 6.45) is -0.337. The second-order valence-electron chi connectivity index (χ2n) is 5.27. The van der Waals surface area contributed by atoms with Crippen molar-refractivity contribution in [3.05, 3.63) is 35.4 Å². The molecule has 2 rings (SSSR count). The Kier molecular flexibility index (Phi) is 5.88. The number of hydrogen-bond acceptors (Lipinski definition) is 4. The molecule has 2 atom stereocenters. The summed E-state index contributed by atoms with van der Waals surface area (Å²) in [5.74, 6) is 1.49. The van der Waals surface area contributed by atoms with Gasteiger partial charge in [0.1, 0.15) is 0 Å². The molecule has 1 aliphatic heterocycles. The van der Waals surface area contributed by atoms with E-state index in [2.05, 4.69) is 41.8 Å². The number of nitrogens with one attached hydrogen (secondary N) is 2. The molecule has 1 fully saturated rings. The third-order valence-corrected chi connectivity index (χ3v) is 4.49. The predicted molar refractivity (Wildman–Crippen MR) is 82.7 cm³/mol. The van der Waals surface area contributed by atoms with Crippen LogP contribution in [0, 0.1) is 12.8 Å². The first-order valence-corrected chi connectivity index (χ1v) is 8.09. The van der Waals surface area contributed by atoms with Crippen molar-refractivity contribution in [2.75, 3.05) is 25.4 Å². The fourth-order valence-electron chi connectivity index (χ4n) is 2.17. The van der Waals surface area contributed by atoms with E-state index >= 15 is 0 Å². The van der Waals surface area contributed by atoms with E-state index in [0.29, 0.717) is 18.8 Å². The first-order chi connectivity index (χ1) is 9.65. The zero-order valence-electron chi connectivity index (χ0n) is 11.8. The summed E-state index contributed by atoms with van der Waals surface area (Å²) < 4.78 is 0. The Labute approximate surface area is 124 Å². The van der Waals surface area contributed by atoms with Crippen LogP contribution in [0.25, 0.3) is 0 Å². The van der Waals surface area contributed by atoms with Crippen molar-refractivity contribution in [1.82, 2.24) is 10.6 Å². The van der Waals surface area contributed by atoms with Gasteiger partial charge in [0, 0.05) is 31.3 Å². The van der Waals surface area contributed by atoms with Crippen molar-refractivity contribution in [3.8, 4) is 0 Å². The lowest BCUT2D eigenvalue weighted by molar-refractivity contribution is -0.118. The van der Waals surface area contributed by atoms with Crippen LogP contribution in [0.2, 0.25) is 0 Å². The number of aryl methyl sites for hydroxylation is 1. The van der Waals surface area contributed by atoms with Gasteiger partial charge >= 0.3 is 0 Å². The highest BCUT2D eigenvalue weighted by molar-refractivity contribution is 7.99. The molecular formula is C15H22N2O2S. The van der Waals surface area contributed by atoms with E-state index in [0.717, 1.165) is 12.3 Å². The predicted octanol–water partition coefficient (Wildman–Crippen LogP) is 0.925. The molecule has 3 N–H and O–H groups in total. The summed E-state index contributed by atoms with van der Waals surface area (Å²) in [6.45, 7) is 4.02. The monoisotopic (exact) mass is 294 g/mol. The quantitative estimate of drug-likeness (QED) is 0.730. The summed E-state index contributed by atoms with van der Waals surface area (Å²) >= 11 is 1.61. The van der Waals surface area contributed by atoms with Crippen LogP contribution in [0.15, 0.2) is 24.3 Å². The average molecular weight is 294 g/mol. The zero-order chi connectivity index (χ0) is 14.4. The van der Waals surface area contributed by atoms with Crippen molar-refractivity contribution < 1.29 is 9.90 Å². The number of rotatable bonds is 6. The minimum Gasteiger partial charge on any atom is -0.391 e. The van der Waals surface area contributed by atoms with Crippen molar-refractivity contribution >= 4 is 17.7 Å². The van der Waals surface area contributed by atoms with Gasteiger partial charge in [0.2, 0.25) is 5.91 Å².